The van der Waals surface area contributed by atoms with Crippen LogP contribution < -0.4 is 11.1 Å². The molecule has 1 fully saturated rings. The molecule has 118 valence electrons. The van der Waals surface area contributed by atoms with Crippen LogP contribution in [-0.4, -0.2) is 26.0 Å². The molecule has 1 saturated carbocycles. The van der Waals surface area contributed by atoms with Gasteiger partial charge in [-0.1, -0.05) is 30.9 Å². The van der Waals surface area contributed by atoms with E-state index in [4.69, 9.17) is 17.3 Å². The van der Waals surface area contributed by atoms with Crippen molar-refractivity contribution in [1.82, 2.24) is 0 Å². The summed E-state index contributed by atoms with van der Waals surface area (Å²) in [4.78, 5) is 10.7. The predicted molar refractivity (Wildman–Crippen MR) is 89.3 cm³/mol. The van der Waals surface area contributed by atoms with Crippen molar-refractivity contribution < 1.29 is 9.53 Å². The van der Waals surface area contributed by atoms with Gasteiger partial charge in [0, 0.05) is 25.3 Å². The van der Waals surface area contributed by atoms with E-state index in [2.05, 4.69) is 10.1 Å². The lowest BCUT2D eigenvalue weighted by molar-refractivity contribution is 0.112. The van der Waals surface area contributed by atoms with Crippen molar-refractivity contribution in [3.05, 3.63) is 22.7 Å². The molecule has 1 aromatic rings. The number of ether oxygens (including phenoxy) is 1. The normalized spacial score (nSPS) is 15.0. The van der Waals surface area contributed by atoms with Gasteiger partial charge >= 0.3 is 0 Å². The Bertz CT molecular complexity index is 444. The lowest BCUT2D eigenvalue weighted by Crippen LogP contribution is -2.22. The molecule has 21 heavy (non-hydrogen) atoms. The second kappa shape index (κ2) is 9.64. The highest BCUT2D eigenvalue weighted by atomic mass is 35.5. The zero-order valence-electron chi connectivity index (χ0n) is 12.8. The number of benzene rings is 1. The van der Waals surface area contributed by atoms with Gasteiger partial charge in [-0.25, -0.2) is 0 Å². The summed E-state index contributed by atoms with van der Waals surface area (Å²) in [5, 5.41) is 3.87. The number of methoxy groups -OCH3 is 1. The third-order valence-electron chi connectivity index (χ3n) is 3.55. The standard InChI is InChI=1S/C13H17ClN2O.C3H8O/c14-11-7-13(12(15)6-9(11)8-17)16-10-4-2-1-3-5-10;1-3-4-2/h6-8,10,16H,1-5,15H2;3H2,1-2H3. The van der Waals surface area contributed by atoms with Crippen LogP contribution in [0.4, 0.5) is 11.4 Å². The molecule has 4 nitrogen and oxygen atoms in total. The van der Waals surface area contributed by atoms with Gasteiger partial charge in [-0.3, -0.25) is 4.79 Å². The molecule has 0 atom stereocenters. The van der Waals surface area contributed by atoms with Crippen molar-refractivity contribution in [3.63, 3.8) is 0 Å². The SMILES string of the molecule is CCOC.Nc1cc(C=O)c(Cl)cc1NC1CCCCC1. The molecule has 0 aromatic heterocycles. The first-order valence-corrected chi connectivity index (χ1v) is 7.79. The van der Waals surface area contributed by atoms with Crippen molar-refractivity contribution in [2.24, 2.45) is 0 Å². The van der Waals surface area contributed by atoms with Crippen molar-refractivity contribution in [2.75, 3.05) is 24.8 Å². The predicted octanol–water partition coefficient (Wildman–Crippen LogP) is 4.13. The van der Waals surface area contributed by atoms with Crippen LogP contribution in [0.2, 0.25) is 5.02 Å². The number of carbonyl (C=O) groups excluding carboxylic acids is 1. The topological polar surface area (TPSA) is 64.3 Å². The molecule has 1 aliphatic carbocycles. The zero-order chi connectivity index (χ0) is 15.7. The van der Waals surface area contributed by atoms with Crippen molar-refractivity contribution in [3.8, 4) is 0 Å². The number of anilines is 2. The summed E-state index contributed by atoms with van der Waals surface area (Å²) >= 11 is 5.99. The second-order valence-corrected chi connectivity index (χ2v) is 5.54. The van der Waals surface area contributed by atoms with Gasteiger partial charge in [0.05, 0.1) is 16.4 Å². The Balaban J connectivity index is 0.000000491. The van der Waals surface area contributed by atoms with Crippen LogP contribution in [0, 0.1) is 0 Å². The molecule has 0 bridgehead atoms. The second-order valence-electron chi connectivity index (χ2n) is 5.14. The third-order valence-corrected chi connectivity index (χ3v) is 3.88. The summed E-state index contributed by atoms with van der Waals surface area (Å²) in [6.45, 7) is 2.78. The van der Waals surface area contributed by atoms with E-state index in [0.717, 1.165) is 18.6 Å². The number of nitrogens with two attached hydrogens (primary N) is 1. The van der Waals surface area contributed by atoms with E-state index in [1.165, 1.54) is 32.1 Å². The Labute approximate surface area is 132 Å². The first kappa shape index (κ1) is 17.8. The number of halogens is 1. The third kappa shape index (κ3) is 5.94. The summed E-state index contributed by atoms with van der Waals surface area (Å²) < 4.78 is 4.54. The van der Waals surface area contributed by atoms with Crippen LogP contribution in [-0.2, 0) is 4.74 Å². The molecular formula is C16H25ClN2O2. The quantitative estimate of drug-likeness (QED) is 0.648. The van der Waals surface area contributed by atoms with Gasteiger partial charge in [0.2, 0.25) is 0 Å². The number of rotatable bonds is 4. The molecule has 1 aliphatic rings. The maximum absolute atomic E-state index is 10.7. The van der Waals surface area contributed by atoms with Crippen LogP contribution in [0.3, 0.4) is 0 Å². The lowest BCUT2D eigenvalue weighted by atomic mass is 9.95. The van der Waals surface area contributed by atoms with Gasteiger partial charge in [-0.05, 0) is 31.9 Å². The van der Waals surface area contributed by atoms with Crippen LogP contribution in [0.15, 0.2) is 12.1 Å². The molecule has 0 saturated heterocycles. The van der Waals surface area contributed by atoms with Gasteiger partial charge in [0.15, 0.2) is 6.29 Å². The maximum atomic E-state index is 10.7. The minimum atomic E-state index is 0.443. The molecule has 5 heteroatoms. The lowest BCUT2D eigenvalue weighted by Gasteiger charge is -2.24. The Hall–Kier alpha value is -1.26. The fraction of sp³-hybridized carbons (Fsp3) is 0.562. The molecule has 0 aliphatic heterocycles. The van der Waals surface area contributed by atoms with Gasteiger partial charge in [-0.15, -0.1) is 0 Å². The van der Waals surface area contributed by atoms with E-state index in [9.17, 15) is 4.79 Å². The van der Waals surface area contributed by atoms with Gasteiger partial charge in [0.25, 0.3) is 0 Å². The minimum Gasteiger partial charge on any atom is -0.397 e. The summed E-state index contributed by atoms with van der Waals surface area (Å²) in [7, 11) is 1.68. The molecular weight excluding hydrogens is 288 g/mol. The number of nitrogens with one attached hydrogen (secondary N) is 1. The first-order chi connectivity index (χ1) is 10.1. The van der Waals surface area contributed by atoms with Crippen LogP contribution in [0.1, 0.15) is 49.4 Å². The fourth-order valence-electron chi connectivity index (χ4n) is 2.29. The Morgan fingerprint density at radius 2 is 2.00 bits per heavy atom. The van der Waals surface area contributed by atoms with Gasteiger partial charge < -0.3 is 15.8 Å². The van der Waals surface area contributed by atoms with E-state index >= 15 is 0 Å². The minimum absolute atomic E-state index is 0.443. The summed E-state index contributed by atoms with van der Waals surface area (Å²) in [5.74, 6) is 0. The van der Waals surface area contributed by atoms with Gasteiger partial charge in [-0.2, -0.15) is 0 Å². The highest BCUT2D eigenvalue weighted by molar-refractivity contribution is 6.33. The van der Waals surface area contributed by atoms with Crippen molar-refractivity contribution in [2.45, 2.75) is 45.1 Å². The van der Waals surface area contributed by atoms with E-state index in [-0.39, 0.29) is 0 Å². The Kier molecular flexibility index (Phi) is 8.16. The zero-order valence-corrected chi connectivity index (χ0v) is 13.6. The fourth-order valence-corrected chi connectivity index (χ4v) is 2.50. The largest absolute Gasteiger partial charge is 0.397 e. The van der Waals surface area contributed by atoms with Gasteiger partial charge in [0.1, 0.15) is 0 Å². The monoisotopic (exact) mass is 312 g/mol. The first-order valence-electron chi connectivity index (χ1n) is 7.42. The van der Waals surface area contributed by atoms with Crippen LogP contribution >= 0.6 is 11.6 Å². The highest BCUT2D eigenvalue weighted by Gasteiger charge is 2.15. The van der Waals surface area contributed by atoms with Crippen LogP contribution in [0.5, 0.6) is 0 Å². The molecule has 0 unspecified atom stereocenters. The maximum Gasteiger partial charge on any atom is 0.151 e. The Morgan fingerprint density at radius 1 is 1.38 bits per heavy atom. The number of hydrogen-bond acceptors (Lipinski definition) is 4. The van der Waals surface area contributed by atoms with Crippen molar-refractivity contribution in [1.29, 1.82) is 0 Å². The highest BCUT2D eigenvalue weighted by Crippen LogP contribution is 2.29. The van der Waals surface area contributed by atoms with E-state index < -0.39 is 0 Å². The molecule has 3 N–H and O–H groups in total. The average Bonchev–Trinajstić information content (AvgIpc) is 2.52. The number of nitrogen functional groups attached to an aromatic ring is 1. The summed E-state index contributed by atoms with van der Waals surface area (Å²) in [6.07, 6.45) is 6.91. The summed E-state index contributed by atoms with van der Waals surface area (Å²) in [5.41, 5.74) is 7.77. The Morgan fingerprint density at radius 3 is 2.52 bits per heavy atom. The number of aldehydes is 1. The summed E-state index contributed by atoms with van der Waals surface area (Å²) in [6, 6.07) is 3.85. The smallest absolute Gasteiger partial charge is 0.151 e. The van der Waals surface area contributed by atoms with E-state index in [1.54, 1.807) is 19.2 Å². The molecule has 2 rings (SSSR count). The van der Waals surface area contributed by atoms with E-state index in [1.807, 2.05) is 6.92 Å². The molecule has 0 heterocycles. The molecule has 1 aromatic carbocycles. The molecule has 0 amide bonds. The van der Waals surface area contributed by atoms with Crippen molar-refractivity contribution >= 4 is 29.3 Å². The average molecular weight is 313 g/mol. The van der Waals surface area contributed by atoms with Crippen LogP contribution in [0.25, 0.3) is 0 Å². The number of carbonyl (C=O) groups is 1. The number of hydrogen-bond donors (Lipinski definition) is 2. The molecule has 0 radical (unpaired) electrons. The molecule has 0 spiro atoms. The van der Waals surface area contributed by atoms with E-state index in [0.29, 0.717) is 22.3 Å².